The molecule has 0 amide bonds. The maximum absolute atomic E-state index is 14.1. The normalized spacial score (nSPS) is 10.6. The van der Waals surface area contributed by atoms with Gasteiger partial charge in [-0.1, -0.05) is 43.4 Å². The largest absolute Gasteiger partial charge is 0.204 e. The Bertz CT molecular complexity index is 1010. The van der Waals surface area contributed by atoms with Crippen LogP contribution in [0.15, 0.2) is 42.5 Å². The lowest BCUT2D eigenvalue weighted by Gasteiger charge is -2.04. The molecule has 25 heavy (non-hydrogen) atoms. The van der Waals surface area contributed by atoms with Crippen molar-refractivity contribution in [2.75, 3.05) is 0 Å². The van der Waals surface area contributed by atoms with Crippen molar-refractivity contribution in [1.29, 1.82) is 0 Å². The van der Waals surface area contributed by atoms with E-state index in [0.29, 0.717) is 22.9 Å². The van der Waals surface area contributed by atoms with Crippen LogP contribution in [0.3, 0.4) is 0 Å². The minimum absolute atomic E-state index is 0.0391. The summed E-state index contributed by atoms with van der Waals surface area (Å²) in [6.07, 6.45) is 1.18. The lowest BCUT2D eigenvalue weighted by atomic mass is 10.0. The molecule has 0 saturated carbocycles. The third-order valence-electron chi connectivity index (χ3n) is 3.93. The number of hydrogen-bond donors (Lipinski definition) is 0. The topological polar surface area (TPSA) is 0 Å². The zero-order chi connectivity index (χ0) is 18.0. The summed E-state index contributed by atoms with van der Waals surface area (Å²) in [4.78, 5) is 0. The third kappa shape index (κ3) is 3.36. The fourth-order valence-corrected chi connectivity index (χ4v) is 2.63. The molecule has 0 unspecified atom stereocenters. The highest BCUT2D eigenvalue weighted by atomic mass is 19.2. The van der Waals surface area contributed by atoms with Gasteiger partial charge in [-0.25, -0.2) is 17.6 Å². The van der Waals surface area contributed by atoms with E-state index < -0.39 is 23.3 Å². The van der Waals surface area contributed by atoms with Gasteiger partial charge in [-0.15, -0.1) is 0 Å². The molecule has 0 nitrogen and oxygen atoms in total. The minimum Gasteiger partial charge on any atom is -0.204 e. The van der Waals surface area contributed by atoms with Gasteiger partial charge in [-0.2, -0.15) is 0 Å². The highest BCUT2D eigenvalue weighted by Gasteiger charge is 2.11. The molecule has 0 aromatic heterocycles. The smallest absolute Gasteiger partial charge is 0.174 e. The van der Waals surface area contributed by atoms with Crippen LogP contribution in [0.2, 0.25) is 0 Å². The Kier molecular flexibility index (Phi) is 4.76. The lowest BCUT2D eigenvalue weighted by Crippen LogP contribution is -1.97. The number of aryl methyl sites for hydroxylation is 1. The quantitative estimate of drug-likeness (QED) is 0.411. The van der Waals surface area contributed by atoms with Crippen LogP contribution in [-0.4, -0.2) is 0 Å². The molecule has 0 radical (unpaired) electrons. The van der Waals surface area contributed by atoms with E-state index in [1.54, 1.807) is 6.07 Å². The van der Waals surface area contributed by atoms with E-state index in [2.05, 4.69) is 11.8 Å². The Labute approximate surface area is 143 Å². The highest BCUT2D eigenvalue weighted by Crippen LogP contribution is 2.22. The zero-order valence-corrected chi connectivity index (χ0v) is 13.5. The van der Waals surface area contributed by atoms with Crippen LogP contribution in [0, 0.1) is 35.1 Å². The first-order valence-electron chi connectivity index (χ1n) is 7.88. The van der Waals surface area contributed by atoms with Crippen LogP contribution in [0.25, 0.3) is 10.8 Å². The van der Waals surface area contributed by atoms with Crippen LogP contribution >= 0.6 is 0 Å². The number of fused-ring (bicyclic) bond motifs is 1. The van der Waals surface area contributed by atoms with Gasteiger partial charge in [0.2, 0.25) is 0 Å². The fraction of sp³-hybridized carbons (Fsp3) is 0.143. The van der Waals surface area contributed by atoms with Gasteiger partial charge in [0.25, 0.3) is 0 Å². The maximum Gasteiger partial charge on any atom is 0.174 e. The van der Waals surface area contributed by atoms with E-state index >= 15 is 0 Å². The summed E-state index contributed by atoms with van der Waals surface area (Å²) < 4.78 is 54.9. The number of rotatable bonds is 2. The number of hydrogen-bond acceptors (Lipinski definition) is 0. The van der Waals surface area contributed by atoms with E-state index in [4.69, 9.17) is 0 Å². The molecular weight excluding hydrogens is 328 g/mol. The molecule has 0 heterocycles. The molecule has 0 aliphatic rings. The van der Waals surface area contributed by atoms with Crippen molar-refractivity contribution in [2.24, 2.45) is 0 Å². The third-order valence-corrected chi connectivity index (χ3v) is 3.93. The number of halogens is 4. The van der Waals surface area contributed by atoms with Gasteiger partial charge in [0.15, 0.2) is 23.3 Å². The van der Waals surface area contributed by atoms with Crippen LogP contribution in [-0.2, 0) is 6.42 Å². The summed E-state index contributed by atoms with van der Waals surface area (Å²) >= 11 is 0. The molecule has 0 atom stereocenters. The number of benzene rings is 3. The van der Waals surface area contributed by atoms with Gasteiger partial charge in [-0.3, -0.25) is 0 Å². The van der Waals surface area contributed by atoms with Crippen molar-refractivity contribution in [3.05, 3.63) is 82.4 Å². The Morgan fingerprint density at radius 3 is 2.36 bits per heavy atom. The van der Waals surface area contributed by atoms with Gasteiger partial charge in [0.1, 0.15) is 0 Å². The molecule has 3 rings (SSSR count). The molecular formula is C21H14F4. The van der Waals surface area contributed by atoms with Gasteiger partial charge in [-0.05, 0) is 41.6 Å². The van der Waals surface area contributed by atoms with E-state index in [-0.39, 0.29) is 10.9 Å². The summed E-state index contributed by atoms with van der Waals surface area (Å²) in [6.45, 7) is 1.89. The van der Waals surface area contributed by atoms with Crippen LogP contribution in [0.1, 0.15) is 30.0 Å². The summed E-state index contributed by atoms with van der Waals surface area (Å²) in [5.41, 5.74) is 0.785. The van der Waals surface area contributed by atoms with E-state index in [1.807, 2.05) is 6.92 Å². The highest BCUT2D eigenvalue weighted by molar-refractivity contribution is 5.84. The molecule has 0 bridgehead atoms. The summed E-state index contributed by atoms with van der Waals surface area (Å²) in [5, 5.41) is 0.627. The SMILES string of the molecule is CCCc1ccc(C#Cc2ccc3c(F)c(F)ccc3c2)c(F)c1F. The molecule has 0 aliphatic heterocycles. The Morgan fingerprint density at radius 2 is 1.60 bits per heavy atom. The molecule has 3 aromatic rings. The van der Waals surface area contributed by atoms with E-state index in [1.165, 1.54) is 30.3 Å². The average molecular weight is 342 g/mol. The summed E-state index contributed by atoms with van der Waals surface area (Å²) in [7, 11) is 0. The molecule has 4 heteroatoms. The molecule has 0 N–H and O–H groups in total. The molecule has 0 fully saturated rings. The standard InChI is InChI=1S/C21H14F4/c1-2-3-14-7-8-15(20(24)19(14)23)6-4-13-5-10-17-16(12-13)9-11-18(22)21(17)25/h5,7-12H,2-3H2,1H3. The second kappa shape index (κ2) is 6.98. The van der Waals surface area contributed by atoms with Crippen LogP contribution in [0.5, 0.6) is 0 Å². The van der Waals surface area contributed by atoms with Crippen LogP contribution in [0.4, 0.5) is 17.6 Å². The van der Waals surface area contributed by atoms with Crippen molar-refractivity contribution in [3.63, 3.8) is 0 Å². The van der Waals surface area contributed by atoms with Crippen molar-refractivity contribution < 1.29 is 17.6 Å². The second-order valence-corrected chi connectivity index (χ2v) is 5.70. The average Bonchev–Trinajstić information content (AvgIpc) is 2.62. The van der Waals surface area contributed by atoms with Gasteiger partial charge in [0.05, 0.1) is 5.56 Å². The first-order valence-corrected chi connectivity index (χ1v) is 7.88. The van der Waals surface area contributed by atoms with Crippen LogP contribution < -0.4 is 0 Å². The van der Waals surface area contributed by atoms with Crippen molar-refractivity contribution in [1.82, 2.24) is 0 Å². The van der Waals surface area contributed by atoms with Crippen molar-refractivity contribution >= 4 is 10.8 Å². The Hall–Kier alpha value is -2.80. The van der Waals surface area contributed by atoms with Gasteiger partial charge < -0.3 is 0 Å². The monoisotopic (exact) mass is 342 g/mol. The molecule has 0 spiro atoms. The maximum atomic E-state index is 14.1. The van der Waals surface area contributed by atoms with E-state index in [0.717, 1.165) is 12.5 Å². The molecule has 126 valence electrons. The van der Waals surface area contributed by atoms with Gasteiger partial charge >= 0.3 is 0 Å². The molecule has 0 aliphatic carbocycles. The predicted molar refractivity (Wildman–Crippen MR) is 90.2 cm³/mol. The summed E-state index contributed by atoms with van der Waals surface area (Å²) in [6, 6.07) is 9.97. The van der Waals surface area contributed by atoms with E-state index in [9.17, 15) is 17.6 Å². The van der Waals surface area contributed by atoms with Gasteiger partial charge in [0, 0.05) is 10.9 Å². The molecule has 0 saturated heterocycles. The fourth-order valence-electron chi connectivity index (χ4n) is 2.63. The predicted octanol–water partition coefficient (Wildman–Crippen LogP) is 5.75. The molecule has 3 aromatic carbocycles. The van der Waals surface area contributed by atoms with Crippen molar-refractivity contribution in [2.45, 2.75) is 19.8 Å². The Balaban J connectivity index is 1.98. The minimum atomic E-state index is -0.965. The first-order chi connectivity index (χ1) is 12.0. The lowest BCUT2D eigenvalue weighted by molar-refractivity contribution is 0.496. The Morgan fingerprint density at radius 1 is 0.800 bits per heavy atom. The summed E-state index contributed by atoms with van der Waals surface area (Å²) in [5.74, 6) is 1.65. The van der Waals surface area contributed by atoms with Crippen molar-refractivity contribution in [3.8, 4) is 11.8 Å². The second-order valence-electron chi connectivity index (χ2n) is 5.70. The zero-order valence-electron chi connectivity index (χ0n) is 13.5. The first kappa shape index (κ1) is 17.0.